The summed E-state index contributed by atoms with van der Waals surface area (Å²) in [5.74, 6) is -0.253. The minimum absolute atomic E-state index is 0.133. The van der Waals surface area contributed by atoms with Gasteiger partial charge in [0, 0.05) is 18.7 Å². The number of ether oxygens (including phenoxy) is 1. The molecule has 1 rings (SSSR count). The van der Waals surface area contributed by atoms with E-state index in [-0.39, 0.29) is 11.9 Å². The van der Waals surface area contributed by atoms with Gasteiger partial charge in [-0.3, -0.25) is 0 Å². The highest BCUT2D eigenvalue weighted by Crippen LogP contribution is 2.15. The molecule has 1 atom stereocenters. The van der Waals surface area contributed by atoms with E-state index in [1.54, 1.807) is 13.2 Å². The molecule has 13 heavy (non-hydrogen) atoms. The van der Waals surface area contributed by atoms with Gasteiger partial charge >= 0.3 is 0 Å². The number of benzene rings is 1. The van der Waals surface area contributed by atoms with E-state index in [1.807, 2.05) is 13.0 Å². The van der Waals surface area contributed by atoms with Crippen LogP contribution in [0.25, 0.3) is 0 Å². The van der Waals surface area contributed by atoms with Crippen molar-refractivity contribution in [2.24, 2.45) is 5.73 Å². The zero-order valence-corrected chi connectivity index (χ0v) is 7.88. The SMILES string of the molecule is COCc1ccc([C@@H](C)N)cc1F. The Morgan fingerprint density at radius 3 is 2.69 bits per heavy atom. The van der Waals surface area contributed by atoms with Crippen LogP contribution in [0.5, 0.6) is 0 Å². The second kappa shape index (κ2) is 4.35. The number of nitrogens with two attached hydrogens (primary N) is 1. The third-order valence-corrected chi connectivity index (χ3v) is 1.90. The van der Waals surface area contributed by atoms with Crippen molar-refractivity contribution < 1.29 is 9.13 Å². The van der Waals surface area contributed by atoms with E-state index in [0.29, 0.717) is 12.2 Å². The van der Waals surface area contributed by atoms with Crippen molar-refractivity contribution in [1.29, 1.82) is 0 Å². The summed E-state index contributed by atoms with van der Waals surface area (Å²) in [7, 11) is 1.54. The summed E-state index contributed by atoms with van der Waals surface area (Å²) in [5.41, 5.74) is 6.97. The highest BCUT2D eigenvalue weighted by molar-refractivity contribution is 5.25. The average Bonchev–Trinajstić information content (AvgIpc) is 2.08. The number of hydrogen-bond donors (Lipinski definition) is 1. The second-order valence-corrected chi connectivity index (χ2v) is 3.07. The average molecular weight is 183 g/mol. The molecule has 1 aromatic rings. The molecular formula is C10H14FNO. The summed E-state index contributed by atoms with van der Waals surface area (Å²) < 4.78 is 18.1. The molecule has 72 valence electrons. The molecule has 0 aliphatic rings. The van der Waals surface area contributed by atoms with Gasteiger partial charge < -0.3 is 10.5 Å². The molecule has 0 unspecified atom stereocenters. The van der Waals surface area contributed by atoms with Crippen LogP contribution in [0.4, 0.5) is 4.39 Å². The van der Waals surface area contributed by atoms with Gasteiger partial charge in [0.15, 0.2) is 0 Å². The van der Waals surface area contributed by atoms with Gasteiger partial charge in [-0.05, 0) is 18.6 Å². The molecule has 0 fully saturated rings. The Hall–Kier alpha value is -0.930. The first-order valence-electron chi connectivity index (χ1n) is 4.18. The van der Waals surface area contributed by atoms with Crippen LogP contribution in [0.1, 0.15) is 24.1 Å². The van der Waals surface area contributed by atoms with Crippen LogP contribution in [-0.4, -0.2) is 7.11 Å². The largest absolute Gasteiger partial charge is 0.380 e. The maximum Gasteiger partial charge on any atom is 0.129 e. The Labute approximate surface area is 77.5 Å². The van der Waals surface area contributed by atoms with Crippen molar-refractivity contribution in [3.05, 3.63) is 35.1 Å². The van der Waals surface area contributed by atoms with Crippen molar-refractivity contribution >= 4 is 0 Å². The summed E-state index contributed by atoms with van der Waals surface area (Å²) >= 11 is 0. The Bertz CT molecular complexity index is 286. The minimum Gasteiger partial charge on any atom is -0.380 e. The number of rotatable bonds is 3. The monoisotopic (exact) mass is 183 g/mol. The first-order valence-corrected chi connectivity index (χ1v) is 4.18. The molecule has 0 aromatic heterocycles. The summed E-state index contributed by atoms with van der Waals surface area (Å²) in [4.78, 5) is 0. The van der Waals surface area contributed by atoms with E-state index < -0.39 is 0 Å². The standard InChI is InChI=1S/C10H14FNO/c1-7(12)8-3-4-9(6-13-2)10(11)5-8/h3-5,7H,6,12H2,1-2H3/t7-/m1/s1. The molecule has 1 aromatic carbocycles. The molecule has 2 N–H and O–H groups in total. The van der Waals surface area contributed by atoms with Gasteiger partial charge in [0.25, 0.3) is 0 Å². The quantitative estimate of drug-likeness (QED) is 0.777. The summed E-state index contributed by atoms with van der Waals surface area (Å²) in [5, 5.41) is 0. The molecule has 0 bridgehead atoms. The van der Waals surface area contributed by atoms with Crippen molar-refractivity contribution in [3.8, 4) is 0 Å². The van der Waals surface area contributed by atoms with Crippen LogP contribution in [0.15, 0.2) is 18.2 Å². The van der Waals surface area contributed by atoms with E-state index in [1.165, 1.54) is 6.07 Å². The number of halogens is 1. The lowest BCUT2D eigenvalue weighted by atomic mass is 10.1. The topological polar surface area (TPSA) is 35.2 Å². The predicted octanol–water partition coefficient (Wildman–Crippen LogP) is 1.99. The smallest absolute Gasteiger partial charge is 0.129 e. The van der Waals surface area contributed by atoms with Crippen LogP contribution < -0.4 is 5.73 Å². The van der Waals surface area contributed by atoms with E-state index in [2.05, 4.69) is 0 Å². The minimum atomic E-state index is -0.253. The zero-order valence-electron chi connectivity index (χ0n) is 7.88. The van der Waals surface area contributed by atoms with Gasteiger partial charge in [0.2, 0.25) is 0 Å². The molecule has 0 saturated heterocycles. The van der Waals surface area contributed by atoms with Crippen molar-refractivity contribution in [1.82, 2.24) is 0 Å². The molecule has 0 spiro atoms. The third-order valence-electron chi connectivity index (χ3n) is 1.90. The van der Waals surface area contributed by atoms with Gasteiger partial charge in [-0.25, -0.2) is 4.39 Å². The van der Waals surface area contributed by atoms with Crippen molar-refractivity contribution in [2.75, 3.05) is 7.11 Å². The Kier molecular flexibility index (Phi) is 3.39. The molecular weight excluding hydrogens is 169 g/mol. The van der Waals surface area contributed by atoms with Crippen LogP contribution in [0.2, 0.25) is 0 Å². The van der Waals surface area contributed by atoms with Crippen molar-refractivity contribution in [3.63, 3.8) is 0 Å². The maximum absolute atomic E-state index is 13.3. The van der Waals surface area contributed by atoms with E-state index in [4.69, 9.17) is 10.5 Å². The van der Waals surface area contributed by atoms with Gasteiger partial charge in [-0.1, -0.05) is 12.1 Å². The summed E-state index contributed by atoms with van der Waals surface area (Å²) in [6.45, 7) is 2.12. The van der Waals surface area contributed by atoms with Gasteiger partial charge in [-0.15, -0.1) is 0 Å². The normalized spacial score (nSPS) is 12.9. The summed E-state index contributed by atoms with van der Waals surface area (Å²) in [6.07, 6.45) is 0. The van der Waals surface area contributed by atoms with Crippen LogP contribution in [-0.2, 0) is 11.3 Å². The first kappa shape index (κ1) is 10.2. The molecule has 2 nitrogen and oxygen atoms in total. The van der Waals surface area contributed by atoms with Gasteiger partial charge in [0.05, 0.1) is 6.61 Å². The van der Waals surface area contributed by atoms with Gasteiger partial charge in [-0.2, -0.15) is 0 Å². The van der Waals surface area contributed by atoms with E-state index in [9.17, 15) is 4.39 Å². The lowest BCUT2D eigenvalue weighted by molar-refractivity contribution is 0.181. The fourth-order valence-electron chi connectivity index (χ4n) is 1.12. The Morgan fingerprint density at radius 2 is 2.23 bits per heavy atom. The molecule has 0 amide bonds. The van der Waals surface area contributed by atoms with Crippen LogP contribution in [0, 0.1) is 5.82 Å². The highest BCUT2D eigenvalue weighted by Gasteiger charge is 2.05. The lowest BCUT2D eigenvalue weighted by Crippen LogP contribution is -2.06. The predicted molar refractivity (Wildman–Crippen MR) is 49.7 cm³/mol. The Balaban J connectivity index is 2.92. The molecule has 0 saturated carbocycles. The molecule has 0 aliphatic heterocycles. The summed E-state index contributed by atoms with van der Waals surface area (Å²) in [6, 6.07) is 4.85. The molecule has 0 aliphatic carbocycles. The van der Waals surface area contributed by atoms with E-state index in [0.717, 1.165) is 5.56 Å². The van der Waals surface area contributed by atoms with Crippen LogP contribution >= 0.6 is 0 Å². The van der Waals surface area contributed by atoms with Gasteiger partial charge in [0.1, 0.15) is 5.82 Å². The molecule has 3 heteroatoms. The zero-order chi connectivity index (χ0) is 9.84. The molecule has 0 radical (unpaired) electrons. The second-order valence-electron chi connectivity index (χ2n) is 3.07. The molecule has 0 heterocycles. The van der Waals surface area contributed by atoms with Crippen LogP contribution in [0.3, 0.4) is 0 Å². The lowest BCUT2D eigenvalue weighted by Gasteiger charge is -2.07. The van der Waals surface area contributed by atoms with E-state index >= 15 is 0 Å². The third kappa shape index (κ3) is 2.50. The Morgan fingerprint density at radius 1 is 1.54 bits per heavy atom. The first-order chi connectivity index (χ1) is 6.15. The number of methoxy groups -OCH3 is 1. The fraction of sp³-hybridized carbons (Fsp3) is 0.400. The maximum atomic E-state index is 13.3. The fourth-order valence-corrected chi connectivity index (χ4v) is 1.12. The highest BCUT2D eigenvalue weighted by atomic mass is 19.1. The van der Waals surface area contributed by atoms with Crippen molar-refractivity contribution in [2.45, 2.75) is 19.6 Å². The number of hydrogen-bond acceptors (Lipinski definition) is 2.